The van der Waals surface area contributed by atoms with E-state index in [2.05, 4.69) is 15.5 Å². The topological polar surface area (TPSA) is 81.7 Å². The highest BCUT2D eigenvalue weighted by Crippen LogP contribution is 2.09. The molecular weight excluding hydrogens is 270 g/mol. The van der Waals surface area contributed by atoms with E-state index in [1.807, 2.05) is 13.8 Å². The molecule has 0 spiro atoms. The lowest BCUT2D eigenvalue weighted by atomic mass is 10.0. The molecule has 1 rings (SSSR count). The van der Waals surface area contributed by atoms with Gasteiger partial charge in [0, 0.05) is 25.6 Å². The van der Waals surface area contributed by atoms with Gasteiger partial charge in [-0.1, -0.05) is 19.8 Å². The first-order valence-corrected chi connectivity index (χ1v) is 7.99. The number of carbonyl (C=O) groups excluding carboxylic acids is 1. The van der Waals surface area contributed by atoms with Crippen LogP contribution >= 0.6 is 0 Å². The summed E-state index contributed by atoms with van der Waals surface area (Å²) < 4.78 is 0. The van der Waals surface area contributed by atoms with E-state index in [0.29, 0.717) is 6.54 Å². The van der Waals surface area contributed by atoms with Gasteiger partial charge in [-0.3, -0.25) is 4.79 Å². The Hall–Kier alpha value is -1.30. The summed E-state index contributed by atoms with van der Waals surface area (Å²) >= 11 is 0. The molecule has 6 nitrogen and oxygen atoms in total. The molecule has 2 atom stereocenters. The van der Waals surface area contributed by atoms with E-state index in [-0.39, 0.29) is 24.4 Å². The second kappa shape index (κ2) is 9.60. The number of hydrogen-bond acceptors (Lipinski definition) is 3. The monoisotopic (exact) mass is 299 g/mol. The maximum absolute atomic E-state index is 11.8. The number of hydrogen-bond donors (Lipinski definition) is 3. The van der Waals surface area contributed by atoms with E-state index in [0.717, 1.165) is 26.1 Å². The average molecular weight is 299 g/mol. The zero-order valence-electron chi connectivity index (χ0n) is 13.2. The lowest BCUT2D eigenvalue weighted by Crippen LogP contribution is -2.48. The molecule has 0 aliphatic carbocycles. The van der Waals surface area contributed by atoms with Crippen molar-refractivity contribution < 1.29 is 14.7 Å². The van der Waals surface area contributed by atoms with Crippen LogP contribution in [0.4, 0.5) is 4.79 Å². The van der Waals surface area contributed by atoms with Gasteiger partial charge < -0.3 is 20.6 Å². The van der Waals surface area contributed by atoms with Crippen LogP contribution in [0.5, 0.6) is 0 Å². The summed E-state index contributed by atoms with van der Waals surface area (Å²) in [7, 11) is 0. The van der Waals surface area contributed by atoms with Crippen molar-refractivity contribution in [2.24, 2.45) is 5.92 Å². The van der Waals surface area contributed by atoms with Crippen molar-refractivity contribution >= 4 is 12.0 Å². The predicted molar refractivity (Wildman–Crippen MR) is 82.3 cm³/mol. The van der Waals surface area contributed by atoms with Gasteiger partial charge in [0.15, 0.2) is 0 Å². The van der Waals surface area contributed by atoms with E-state index < -0.39 is 5.97 Å². The summed E-state index contributed by atoms with van der Waals surface area (Å²) in [6.45, 7) is 7.45. The maximum atomic E-state index is 11.8. The van der Waals surface area contributed by atoms with Gasteiger partial charge in [-0.2, -0.15) is 0 Å². The van der Waals surface area contributed by atoms with Crippen LogP contribution in [0.2, 0.25) is 0 Å². The molecule has 1 aliphatic rings. The van der Waals surface area contributed by atoms with Crippen LogP contribution in [0.3, 0.4) is 0 Å². The summed E-state index contributed by atoms with van der Waals surface area (Å²) in [6, 6.07) is -0.106. The Bertz CT molecular complexity index is 330. The van der Waals surface area contributed by atoms with Crippen molar-refractivity contribution in [3.8, 4) is 0 Å². The van der Waals surface area contributed by atoms with Crippen molar-refractivity contribution in [3.63, 3.8) is 0 Å². The van der Waals surface area contributed by atoms with Crippen molar-refractivity contribution in [1.82, 2.24) is 15.5 Å². The number of urea groups is 1. The number of likely N-dealkylation sites (tertiary alicyclic amines) is 1. The number of rotatable bonds is 8. The quantitative estimate of drug-likeness (QED) is 0.636. The van der Waals surface area contributed by atoms with Gasteiger partial charge >= 0.3 is 12.0 Å². The fraction of sp³-hybridized carbons (Fsp3) is 0.867. The van der Waals surface area contributed by atoms with Gasteiger partial charge in [-0.25, -0.2) is 4.79 Å². The van der Waals surface area contributed by atoms with Crippen molar-refractivity contribution in [2.45, 2.75) is 52.0 Å². The molecule has 0 bridgehead atoms. The van der Waals surface area contributed by atoms with E-state index in [4.69, 9.17) is 5.11 Å². The molecule has 0 aromatic carbocycles. The van der Waals surface area contributed by atoms with E-state index in [9.17, 15) is 9.59 Å². The molecule has 1 fully saturated rings. The van der Waals surface area contributed by atoms with Gasteiger partial charge in [0.2, 0.25) is 0 Å². The molecule has 21 heavy (non-hydrogen) atoms. The molecule has 1 aliphatic heterocycles. The first kappa shape index (κ1) is 17.8. The maximum Gasteiger partial charge on any atom is 0.315 e. The first-order chi connectivity index (χ1) is 10.0. The van der Waals surface area contributed by atoms with Crippen LogP contribution in [-0.2, 0) is 4.79 Å². The summed E-state index contributed by atoms with van der Waals surface area (Å²) in [4.78, 5) is 24.9. The zero-order chi connectivity index (χ0) is 15.7. The summed E-state index contributed by atoms with van der Waals surface area (Å²) in [6.07, 6.45) is 4.63. The highest BCUT2D eigenvalue weighted by Gasteiger charge is 2.16. The number of piperidine rings is 1. The van der Waals surface area contributed by atoms with Crippen LogP contribution < -0.4 is 10.6 Å². The second-order valence-electron chi connectivity index (χ2n) is 5.99. The first-order valence-electron chi connectivity index (χ1n) is 7.99. The third kappa shape index (κ3) is 7.90. The van der Waals surface area contributed by atoms with Gasteiger partial charge in [-0.15, -0.1) is 0 Å². The molecule has 6 heteroatoms. The molecule has 2 unspecified atom stereocenters. The molecule has 0 radical (unpaired) electrons. The Morgan fingerprint density at radius 3 is 2.48 bits per heavy atom. The minimum atomic E-state index is -0.817. The number of amides is 2. The van der Waals surface area contributed by atoms with Crippen molar-refractivity contribution in [2.75, 3.05) is 26.2 Å². The zero-order valence-corrected chi connectivity index (χ0v) is 13.2. The van der Waals surface area contributed by atoms with Crippen molar-refractivity contribution in [3.05, 3.63) is 0 Å². The smallest absolute Gasteiger partial charge is 0.315 e. The summed E-state index contributed by atoms with van der Waals surface area (Å²) in [5, 5.41) is 14.5. The Labute approximate surface area is 127 Å². The van der Waals surface area contributed by atoms with Crippen LogP contribution in [0, 0.1) is 5.92 Å². The SMILES string of the molecule is CCC(CNC(=O)NC(C)CN1CCCCC1)CC(=O)O. The normalized spacial score (nSPS) is 18.8. The molecule has 1 saturated heterocycles. The third-order valence-corrected chi connectivity index (χ3v) is 3.95. The minimum Gasteiger partial charge on any atom is -0.481 e. The lowest BCUT2D eigenvalue weighted by Gasteiger charge is -2.29. The van der Waals surface area contributed by atoms with Crippen LogP contribution in [0.25, 0.3) is 0 Å². The average Bonchev–Trinajstić information content (AvgIpc) is 2.44. The Morgan fingerprint density at radius 2 is 1.90 bits per heavy atom. The molecule has 0 saturated carbocycles. The van der Waals surface area contributed by atoms with Crippen LogP contribution in [0.15, 0.2) is 0 Å². The predicted octanol–water partition coefficient (Wildman–Crippen LogP) is 1.66. The van der Waals surface area contributed by atoms with Crippen molar-refractivity contribution in [1.29, 1.82) is 0 Å². The van der Waals surface area contributed by atoms with E-state index >= 15 is 0 Å². The van der Waals surface area contributed by atoms with E-state index in [1.165, 1.54) is 19.3 Å². The molecule has 0 aromatic heterocycles. The fourth-order valence-corrected chi connectivity index (χ4v) is 2.69. The number of carboxylic acids is 1. The summed E-state index contributed by atoms with van der Waals surface area (Å²) in [5.74, 6) is -0.826. The molecular formula is C15H29N3O3. The highest BCUT2D eigenvalue weighted by atomic mass is 16.4. The second-order valence-corrected chi connectivity index (χ2v) is 5.99. The summed E-state index contributed by atoms with van der Waals surface area (Å²) in [5.41, 5.74) is 0. The molecule has 3 N–H and O–H groups in total. The fourth-order valence-electron chi connectivity index (χ4n) is 2.69. The van der Waals surface area contributed by atoms with Gasteiger partial charge in [-0.05, 0) is 38.8 Å². The Balaban J connectivity index is 2.20. The Morgan fingerprint density at radius 1 is 1.24 bits per heavy atom. The lowest BCUT2D eigenvalue weighted by molar-refractivity contribution is -0.138. The number of nitrogens with zero attached hydrogens (tertiary/aromatic N) is 1. The number of aliphatic carboxylic acids is 1. The number of carbonyl (C=O) groups is 2. The van der Waals surface area contributed by atoms with Crippen LogP contribution in [0.1, 0.15) is 46.0 Å². The van der Waals surface area contributed by atoms with Crippen LogP contribution in [-0.4, -0.2) is 54.2 Å². The molecule has 122 valence electrons. The largest absolute Gasteiger partial charge is 0.481 e. The minimum absolute atomic E-state index is 0.00866. The Kier molecular flexibility index (Phi) is 8.12. The standard InChI is InChI=1S/C15H29N3O3/c1-3-13(9-14(19)20)10-16-15(21)17-12(2)11-18-7-5-4-6-8-18/h12-13H,3-11H2,1-2H3,(H,19,20)(H2,16,17,21). The molecule has 2 amide bonds. The molecule has 1 heterocycles. The van der Waals surface area contributed by atoms with Gasteiger partial charge in [0.25, 0.3) is 0 Å². The number of carboxylic acid groups (broad SMARTS) is 1. The van der Waals surface area contributed by atoms with Gasteiger partial charge in [0.1, 0.15) is 0 Å². The van der Waals surface area contributed by atoms with E-state index in [1.54, 1.807) is 0 Å². The third-order valence-electron chi connectivity index (χ3n) is 3.95. The molecule has 0 aromatic rings. The van der Waals surface area contributed by atoms with Gasteiger partial charge in [0.05, 0.1) is 0 Å². The number of nitrogens with one attached hydrogen (secondary N) is 2. The highest BCUT2D eigenvalue weighted by molar-refractivity contribution is 5.74.